The van der Waals surface area contributed by atoms with Crippen LogP contribution in [0.5, 0.6) is 0 Å². The molecule has 0 aliphatic heterocycles. The van der Waals surface area contributed by atoms with Crippen molar-refractivity contribution in [2.24, 2.45) is 0 Å². The number of hydrogen-bond donors (Lipinski definition) is 0. The lowest BCUT2D eigenvalue weighted by molar-refractivity contribution is 0.780. The fourth-order valence-electron chi connectivity index (χ4n) is 1.15. The SMILES string of the molecule is CCCC([S])c1ccccc1Br. The predicted molar refractivity (Wildman–Crippen MR) is 59.4 cm³/mol. The largest absolute Gasteiger partial charge is 0.0852 e. The molecule has 0 spiro atoms. The molecule has 0 bridgehead atoms. The van der Waals surface area contributed by atoms with Crippen LogP contribution in [0, 0.1) is 0 Å². The molecule has 1 rings (SSSR count). The van der Waals surface area contributed by atoms with Gasteiger partial charge in [-0.1, -0.05) is 60.1 Å². The maximum absolute atomic E-state index is 5.36. The fourth-order valence-corrected chi connectivity index (χ4v) is 2.31. The Hall–Kier alpha value is 0.0500. The van der Waals surface area contributed by atoms with E-state index in [1.807, 2.05) is 18.2 Å². The third kappa shape index (κ3) is 2.53. The lowest BCUT2D eigenvalue weighted by Crippen LogP contribution is -1.90. The Morgan fingerprint density at radius 1 is 1.42 bits per heavy atom. The second kappa shape index (κ2) is 4.93. The maximum Gasteiger partial charge on any atom is 0.0412 e. The van der Waals surface area contributed by atoms with E-state index in [-0.39, 0.29) is 5.25 Å². The Bertz CT molecular complexity index is 247. The quantitative estimate of drug-likeness (QED) is 0.734. The predicted octanol–water partition coefficient (Wildman–Crippen LogP) is 4.49. The summed E-state index contributed by atoms with van der Waals surface area (Å²) in [5.74, 6) is 0. The molecule has 0 aliphatic rings. The highest BCUT2D eigenvalue weighted by Crippen LogP contribution is 2.30. The zero-order valence-corrected chi connectivity index (χ0v) is 9.49. The normalized spacial score (nSPS) is 12.9. The highest BCUT2D eigenvalue weighted by molar-refractivity contribution is 9.10. The van der Waals surface area contributed by atoms with Crippen LogP contribution in [0.25, 0.3) is 0 Å². The van der Waals surface area contributed by atoms with Gasteiger partial charge in [0.05, 0.1) is 0 Å². The smallest absolute Gasteiger partial charge is 0.0412 e. The maximum atomic E-state index is 5.36. The van der Waals surface area contributed by atoms with Crippen LogP contribution in [0.1, 0.15) is 30.6 Å². The Kier molecular flexibility index (Phi) is 4.16. The first-order valence-corrected chi connectivity index (χ1v) is 5.42. The molecule has 12 heavy (non-hydrogen) atoms. The highest BCUT2D eigenvalue weighted by Gasteiger charge is 2.08. The molecule has 1 aromatic carbocycles. The van der Waals surface area contributed by atoms with Gasteiger partial charge in [0, 0.05) is 9.72 Å². The van der Waals surface area contributed by atoms with Crippen molar-refractivity contribution in [3.63, 3.8) is 0 Å². The van der Waals surface area contributed by atoms with Gasteiger partial charge in [0.25, 0.3) is 0 Å². The fraction of sp³-hybridized carbons (Fsp3) is 0.400. The van der Waals surface area contributed by atoms with E-state index in [1.165, 1.54) is 5.56 Å². The van der Waals surface area contributed by atoms with Crippen molar-refractivity contribution in [3.8, 4) is 0 Å². The molecule has 0 saturated heterocycles. The summed E-state index contributed by atoms with van der Waals surface area (Å²) >= 11 is 8.86. The van der Waals surface area contributed by atoms with Gasteiger partial charge in [0.15, 0.2) is 0 Å². The molecule has 0 aromatic heterocycles. The van der Waals surface area contributed by atoms with Crippen LogP contribution >= 0.6 is 28.6 Å². The first-order chi connectivity index (χ1) is 5.75. The lowest BCUT2D eigenvalue weighted by Gasteiger charge is -2.10. The molecular weight excluding hydrogens is 232 g/mol. The molecule has 1 aromatic rings. The van der Waals surface area contributed by atoms with E-state index in [2.05, 4.69) is 28.9 Å². The molecular formula is C10H12BrS. The van der Waals surface area contributed by atoms with Crippen LogP contribution in [0.15, 0.2) is 28.7 Å². The van der Waals surface area contributed by atoms with Crippen molar-refractivity contribution in [3.05, 3.63) is 34.3 Å². The zero-order chi connectivity index (χ0) is 8.97. The molecule has 1 radical (unpaired) electrons. The topological polar surface area (TPSA) is 0 Å². The van der Waals surface area contributed by atoms with Crippen molar-refractivity contribution in [2.45, 2.75) is 25.0 Å². The third-order valence-electron chi connectivity index (χ3n) is 1.80. The van der Waals surface area contributed by atoms with Crippen LogP contribution < -0.4 is 0 Å². The molecule has 0 saturated carbocycles. The van der Waals surface area contributed by atoms with Gasteiger partial charge in [-0.15, -0.1) is 0 Å². The van der Waals surface area contributed by atoms with Crippen LogP contribution in [0.2, 0.25) is 0 Å². The van der Waals surface area contributed by atoms with Crippen LogP contribution in [0.3, 0.4) is 0 Å². The third-order valence-corrected chi connectivity index (χ3v) is 3.01. The molecule has 0 aliphatic carbocycles. The van der Waals surface area contributed by atoms with E-state index in [1.54, 1.807) is 0 Å². The monoisotopic (exact) mass is 243 g/mol. The van der Waals surface area contributed by atoms with Crippen LogP contribution in [-0.4, -0.2) is 0 Å². The molecule has 0 nitrogen and oxygen atoms in total. The minimum absolute atomic E-state index is 0.255. The van der Waals surface area contributed by atoms with Crippen LogP contribution in [-0.2, 0) is 0 Å². The van der Waals surface area contributed by atoms with Crippen molar-refractivity contribution in [1.29, 1.82) is 0 Å². The number of benzene rings is 1. The van der Waals surface area contributed by atoms with Gasteiger partial charge >= 0.3 is 0 Å². The van der Waals surface area contributed by atoms with E-state index in [9.17, 15) is 0 Å². The van der Waals surface area contributed by atoms with Gasteiger partial charge in [-0.2, -0.15) is 0 Å². The zero-order valence-electron chi connectivity index (χ0n) is 7.09. The highest BCUT2D eigenvalue weighted by atomic mass is 79.9. The summed E-state index contributed by atoms with van der Waals surface area (Å²) in [6.45, 7) is 2.16. The second-order valence-corrected chi connectivity index (χ2v) is 4.22. The number of rotatable bonds is 3. The van der Waals surface area contributed by atoms with Crippen molar-refractivity contribution in [1.82, 2.24) is 0 Å². The summed E-state index contributed by atoms with van der Waals surface area (Å²) < 4.78 is 1.14. The Balaban J connectivity index is 2.79. The molecule has 65 valence electrons. The summed E-state index contributed by atoms with van der Waals surface area (Å²) in [6, 6.07) is 8.19. The second-order valence-electron chi connectivity index (χ2n) is 2.80. The van der Waals surface area contributed by atoms with Crippen molar-refractivity contribution < 1.29 is 0 Å². The molecule has 0 fully saturated rings. The first kappa shape index (κ1) is 10.1. The van der Waals surface area contributed by atoms with Gasteiger partial charge in [0.1, 0.15) is 0 Å². The number of hydrogen-bond acceptors (Lipinski definition) is 0. The average Bonchev–Trinajstić information content (AvgIpc) is 2.05. The lowest BCUT2D eigenvalue weighted by atomic mass is 10.1. The summed E-state index contributed by atoms with van der Waals surface area (Å²) in [4.78, 5) is 0. The van der Waals surface area contributed by atoms with Gasteiger partial charge in [-0.05, 0) is 18.1 Å². The van der Waals surface area contributed by atoms with Gasteiger partial charge < -0.3 is 0 Å². The standard InChI is InChI=1S/C10H12BrS/c1-2-5-10(12)8-6-3-4-7-9(8)11/h3-4,6-7,10H,2,5H2,1H3. The molecule has 1 atom stereocenters. The summed E-state index contributed by atoms with van der Waals surface area (Å²) in [7, 11) is 0. The molecule has 1 unspecified atom stereocenters. The summed E-state index contributed by atoms with van der Waals surface area (Å²) in [6.07, 6.45) is 2.23. The van der Waals surface area contributed by atoms with Crippen LogP contribution in [0.4, 0.5) is 0 Å². The van der Waals surface area contributed by atoms with E-state index < -0.39 is 0 Å². The molecule has 0 N–H and O–H groups in total. The minimum Gasteiger partial charge on any atom is -0.0852 e. The Morgan fingerprint density at radius 3 is 2.67 bits per heavy atom. The Labute approximate surface area is 87.9 Å². The van der Waals surface area contributed by atoms with E-state index >= 15 is 0 Å². The number of halogens is 1. The minimum atomic E-state index is 0.255. The average molecular weight is 244 g/mol. The summed E-state index contributed by atoms with van der Waals surface area (Å²) in [5, 5.41) is 0.255. The molecule has 2 heteroatoms. The van der Waals surface area contributed by atoms with Gasteiger partial charge in [-0.25, -0.2) is 0 Å². The van der Waals surface area contributed by atoms with Crippen molar-refractivity contribution >= 4 is 28.6 Å². The van der Waals surface area contributed by atoms with E-state index in [4.69, 9.17) is 12.6 Å². The van der Waals surface area contributed by atoms with E-state index in [0.29, 0.717) is 0 Å². The van der Waals surface area contributed by atoms with Crippen molar-refractivity contribution in [2.75, 3.05) is 0 Å². The molecule has 0 heterocycles. The van der Waals surface area contributed by atoms with Gasteiger partial charge in [-0.3, -0.25) is 0 Å². The van der Waals surface area contributed by atoms with Gasteiger partial charge in [0.2, 0.25) is 0 Å². The first-order valence-electron chi connectivity index (χ1n) is 4.16. The molecule has 0 amide bonds. The van der Waals surface area contributed by atoms with E-state index in [0.717, 1.165) is 17.3 Å². The summed E-state index contributed by atoms with van der Waals surface area (Å²) in [5.41, 5.74) is 1.24. The Morgan fingerprint density at radius 2 is 2.08 bits per heavy atom.